The molecule has 1 radical (unpaired) electrons. The van der Waals surface area contributed by atoms with E-state index in [4.69, 9.17) is 0 Å². The van der Waals surface area contributed by atoms with Crippen LogP contribution < -0.4 is 5.32 Å². The van der Waals surface area contributed by atoms with Crippen molar-refractivity contribution in [1.29, 1.82) is 0 Å². The van der Waals surface area contributed by atoms with Crippen LogP contribution >= 0.6 is 0 Å². The molecule has 0 spiro atoms. The Kier molecular flexibility index (Phi) is 4.92. The van der Waals surface area contributed by atoms with Crippen LogP contribution in [0.15, 0.2) is 78.9 Å². The van der Waals surface area contributed by atoms with Crippen molar-refractivity contribution in [3.8, 4) is 0 Å². The van der Waals surface area contributed by atoms with Gasteiger partial charge < -0.3 is 0 Å². The molecule has 0 aliphatic carbocycles. The van der Waals surface area contributed by atoms with Gasteiger partial charge in [-0.1, -0.05) is 72.8 Å². The minimum absolute atomic E-state index is 0.579. The molecule has 0 fully saturated rings. The average Bonchev–Trinajstić information content (AvgIpc) is 2.59. The number of rotatable bonds is 5. The molecule has 0 bridgehead atoms. The van der Waals surface area contributed by atoms with E-state index >= 15 is 0 Å². The highest BCUT2D eigenvalue weighted by Crippen LogP contribution is 2.23. The largest absolute Gasteiger partial charge is 0.454 e. The first-order valence-corrected chi connectivity index (χ1v) is 7.88. The topological polar surface area (TPSA) is 49.0 Å². The number of carbonyl (C=O) groups is 1. The van der Waals surface area contributed by atoms with Gasteiger partial charge in [0.25, 0.3) is 0 Å². The summed E-state index contributed by atoms with van der Waals surface area (Å²) in [6, 6.07) is 26.0. The summed E-state index contributed by atoms with van der Waals surface area (Å²) in [7, 11) is 0. The Bertz CT molecular complexity index is 814. The van der Waals surface area contributed by atoms with Gasteiger partial charge in [0.15, 0.2) is 0 Å². The van der Waals surface area contributed by atoms with Crippen molar-refractivity contribution in [3.63, 3.8) is 0 Å². The molecule has 0 unspecified atom stereocenters. The summed E-state index contributed by atoms with van der Waals surface area (Å²) in [6.07, 6.45) is 0.188. The number of hydrogen-bond donors (Lipinski definition) is 1. The molecular weight excluding hydrogens is 298 g/mol. The molecular formula is C21H18NO2. The predicted molar refractivity (Wildman–Crippen MR) is 94.6 cm³/mol. The van der Waals surface area contributed by atoms with Gasteiger partial charge in [0.1, 0.15) is 0 Å². The molecule has 0 aromatic heterocycles. The Morgan fingerprint density at radius 2 is 1.29 bits per heavy atom. The second-order valence-corrected chi connectivity index (χ2v) is 5.73. The van der Waals surface area contributed by atoms with E-state index in [1.807, 2.05) is 60.7 Å². The lowest BCUT2D eigenvalue weighted by molar-refractivity contribution is 0.185. The predicted octanol–water partition coefficient (Wildman–Crippen LogP) is 4.83. The second-order valence-electron chi connectivity index (χ2n) is 5.73. The van der Waals surface area contributed by atoms with Crippen molar-refractivity contribution < 1.29 is 9.90 Å². The lowest BCUT2D eigenvalue weighted by Crippen LogP contribution is -2.09. The van der Waals surface area contributed by atoms with Crippen LogP contribution in [0.1, 0.15) is 22.3 Å². The third-order valence-electron chi connectivity index (χ3n) is 3.89. The van der Waals surface area contributed by atoms with Crippen LogP contribution in [0.25, 0.3) is 0 Å². The van der Waals surface area contributed by atoms with E-state index in [-0.39, 0.29) is 0 Å². The molecule has 3 aromatic rings. The smallest absolute Gasteiger partial charge is 0.288 e. The van der Waals surface area contributed by atoms with Crippen LogP contribution in [0.5, 0.6) is 0 Å². The first-order valence-electron chi connectivity index (χ1n) is 7.88. The molecule has 0 saturated carbocycles. The number of carbonyl (C=O) groups excluding carboxylic acids is 1. The van der Waals surface area contributed by atoms with Gasteiger partial charge in [0, 0.05) is 5.69 Å². The Morgan fingerprint density at radius 3 is 1.88 bits per heavy atom. The monoisotopic (exact) mass is 316 g/mol. The van der Waals surface area contributed by atoms with E-state index < -0.39 is 6.09 Å². The zero-order valence-corrected chi connectivity index (χ0v) is 13.2. The van der Waals surface area contributed by atoms with Crippen LogP contribution in [0, 0.1) is 0 Å². The fourth-order valence-electron chi connectivity index (χ4n) is 2.78. The summed E-state index contributed by atoms with van der Waals surface area (Å²) in [5.74, 6) is 0. The summed E-state index contributed by atoms with van der Waals surface area (Å²) in [4.78, 5) is 10.9. The summed E-state index contributed by atoms with van der Waals surface area (Å²) in [6.45, 7) is 0. The molecule has 3 nitrogen and oxygen atoms in total. The van der Waals surface area contributed by atoms with E-state index in [9.17, 15) is 9.90 Å². The maximum Gasteiger partial charge on any atom is 0.454 e. The third kappa shape index (κ3) is 4.23. The van der Waals surface area contributed by atoms with Crippen molar-refractivity contribution in [3.05, 3.63) is 101 Å². The van der Waals surface area contributed by atoms with E-state index in [0.717, 1.165) is 23.1 Å². The van der Waals surface area contributed by atoms with Gasteiger partial charge in [-0.15, -0.1) is 0 Å². The molecule has 119 valence electrons. The van der Waals surface area contributed by atoms with Gasteiger partial charge in [-0.05, 0) is 41.2 Å². The van der Waals surface area contributed by atoms with E-state index in [1.54, 1.807) is 0 Å². The second kappa shape index (κ2) is 7.47. The number of benzene rings is 3. The zero-order valence-electron chi connectivity index (χ0n) is 13.2. The van der Waals surface area contributed by atoms with Crippen molar-refractivity contribution in [2.45, 2.75) is 12.8 Å². The first kappa shape index (κ1) is 15.8. The van der Waals surface area contributed by atoms with Crippen molar-refractivity contribution in [1.82, 2.24) is 0 Å². The lowest BCUT2D eigenvalue weighted by Gasteiger charge is -2.12. The van der Waals surface area contributed by atoms with E-state index in [1.165, 1.54) is 5.56 Å². The summed E-state index contributed by atoms with van der Waals surface area (Å²) in [5.41, 5.74) is 5.03. The number of anilines is 1. The Morgan fingerprint density at radius 1 is 0.708 bits per heavy atom. The molecule has 3 aromatic carbocycles. The minimum atomic E-state index is -1.29. The standard InChI is InChI=1S/C21H18NO2/c23-21(24)22-20-12-11-18(13-16-7-3-1-4-8-16)15-19(20)14-17-9-5-2-6-10-17/h1-12,15,22H,13-14H2. The highest BCUT2D eigenvalue weighted by Gasteiger charge is 2.09. The van der Waals surface area contributed by atoms with Gasteiger partial charge in [-0.25, -0.2) is 9.90 Å². The Labute approximate surface area is 141 Å². The highest BCUT2D eigenvalue weighted by molar-refractivity contribution is 5.84. The van der Waals surface area contributed by atoms with Gasteiger partial charge in [0.2, 0.25) is 0 Å². The fourth-order valence-corrected chi connectivity index (χ4v) is 2.78. The molecule has 1 amide bonds. The molecule has 3 rings (SSSR count). The SMILES string of the molecule is [O]C(=O)Nc1ccc(Cc2ccccc2)cc1Cc1ccccc1. The van der Waals surface area contributed by atoms with Crippen LogP contribution in [0.2, 0.25) is 0 Å². The molecule has 24 heavy (non-hydrogen) atoms. The van der Waals surface area contributed by atoms with Crippen LogP contribution in [-0.2, 0) is 17.9 Å². The van der Waals surface area contributed by atoms with Crippen molar-refractivity contribution >= 4 is 11.8 Å². The van der Waals surface area contributed by atoms with Crippen LogP contribution in [-0.4, -0.2) is 6.09 Å². The molecule has 0 aliphatic heterocycles. The number of hydrogen-bond acceptors (Lipinski definition) is 1. The van der Waals surface area contributed by atoms with Crippen LogP contribution in [0.4, 0.5) is 10.5 Å². The van der Waals surface area contributed by atoms with E-state index in [2.05, 4.69) is 23.5 Å². The molecule has 0 aliphatic rings. The minimum Gasteiger partial charge on any atom is -0.288 e. The molecule has 1 N–H and O–H groups in total. The number of amides is 1. The Hall–Kier alpha value is -3.07. The quantitative estimate of drug-likeness (QED) is 0.720. The van der Waals surface area contributed by atoms with Crippen molar-refractivity contribution in [2.75, 3.05) is 5.32 Å². The van der Waals surface area contributed by atoms with E-state index in [0.29, 0.717) is 12.1 Å². The average molecular weight is 316 g/mol. The third-order valence-corrected chi connectivity index (χ3v) is 3.89. The molecule has 0 saturated heterocycles. The molecule has 0 atom stereocenters. The summed E-state index contributed by atoms with van der Waals surface area (Å²) < 4.78 is 0. The van der Waals surface area contributed by atoms with Gasteiger partial charge in [-0.2, -0.15) is 0 Å². The summed E-state index contributed by atoms with van der Waals surface area (Å²) >= 11 is 0. The normalized spacial score (nSPS) is 10.3. The zero-order chi connectivity index (χ0) is 16.8. The fraction of sp³-hybridized carbons (Fsp3) is 0.0952. The maximum atomic E-state index is 10.9. The maximum absolute atomic E-state index is 10.9. The first-order chi connectivity index (χ1) is 11.7. The molecule has 3 heteroatoms. The van der Waals surface area contributed by atoms with Crippen LogP contribution in [0.3, 0.4) is 0 Å². The lowest BCUT2D eigenvalue weighted by atomic mass is 9.97. The highest BCUT2D eigenvalue weighted by atomic mass is 16.4. The Balaban J connectivity index is 1.89. The van der Waals surface area contributed by atoms with Gasteiger partial charge in [0.05, 0.1) is 0 Å². The van der Waals surface area contributed by atoms with Gasteiger partial charge >= 0.3 is 6.09 Å². The van der Waals surface area contributed by atoms with Gasteiger partial charge in [-0.3, -0.25) is 5.32 Å². The molecule has 0 heterocycles. The van der Waals surface area contributed by atoms with Crippen molar-refractivity contribution in [2.24, 2.45) is 0 Å². The summed E-state index contributed by atoms with van der Waals surface area (Å²) in [5, 5.41) is 13.3. The number of nitrogens with one attached hydrogen (secondary N) is 1.